The van der Waals surface area contributed by atoms with Gasteiger partial charge in [0.2, 0.25) is 10.0 Å². The number of nitrogens with two attached hydrogens (primary N) is 1. The standard InChI is InChI=1S/C14H22N2O4S/c1-19-12-5-6-13(20-2)14(8-12)21(17,18)16-7-3-4-11(9-15)10-16/h5-6,8,11H,3-4,7,9-10,15H2,1-2H3. The number of hydrogen-bond donors (Lipinski definition) is 1. The van der Waals surface area contributed by atoms with Gasteiger partial charge in [0.25, 0.3) is 0 Å². The molecule has 0 bridgehead atoms. The SMILES string of the molecule is COc1ccc(OC)c(S(=O)(=O)N2CCCC(CN)C2)c1. The zero-order valence-corrected chi connectivity index (χ0v) is 13.2. The Morgan fingerprint density at radius 3 is 2.71 bits per heavy atom. The van der Waals surface area contributed by atoms with E-state index in [-0.39, 0.29) is 10.8 Å². The van der Waals surface area contributed by atoms with Crippen LogP contribution in [0.2, 0.25) is 0 Å². The van der Waals surface area contributed by atoms with Gasteiger partial charge in [-0.2, -0.15) is 4.31 Å². The van der Waals surface area contributed by atoms with Crippen LogP contribution in [-0.4, -0.2) is 46.6 Å². The van der Waals surface area contributed by atoms with Crippen LogP contribution in [0.4, 0.5) is 0 Å². The number of piperidine rings is 1. The summed E-state index contributed by atoms with van der Waals surface area (Å²) in [7, 11) is -0.646. The predicted molar refractivity (Wildman–Crippen MR) is 80.1 cm³/mol. The summed E-state index contributed by atoms with van der Waals surface area (Å²) in [5.41, 5.74) is 5.68. The summed E-state index contributed by atoms with van der Waals surface area (Å²) in [6, 6.07) is 4.78. The lowest BCUT2D eigenvalue weighted by molar-refractivity contribution is 0.270. The molecule has 1 heterocycles. The first-order chi connectivity index (χ1) is 10.0. The van der Waals surface area contributed by atoms with Crippen molar-refractivity contribution >= 4 is 10.0 Å². The van der Waals surface area contributed by atoms with Crippen LogP contribution in [0.25, 0.3) is 0 Å². The molecule has 0 saturated carbocycles. The van der Waals surface area contributed by atoms with Gasteiger partial charge in [-0.15, -0.1) is 0 Å². The van der Waals surface area contributed by atoms with Gasteiger partial charge >= 0.3 is 0 Å². The fraction of sp³-hybridized carbons (Fsp3) is 0.571. The van der Waals surface area contributed by atoms with E-state index < -0.39 is 10.0 Å². The molecule has 0 aliphatic carbocycles. The molecular formula is C14H22N2O4S. The van der Waals surface area contributed by atoms with Crippen molar-refractivity contribution < 1.29 is 17.9 Å². The highest BCUT2D eigenvalue weighted by atomic mass is 32.2. The smallest absolute Gasteiger partial charge is 0.246 e. The van der Waals surface area contributed by atoms with Crippen molar-refractivity contribution in [1.82, 2.24) is 4.31 Å². The van der Waals surface area contributed by atoms with Crippen molar-refractivity contribution in [2.75, 3.05) is 33.9 Å². The lowest BCUT2D eigenvalue weighted by Crippen LogP contribution is -2.42. The Balaban J connectivity index is 2.38. The molecule has 1 atom stereocenters. The topological polar surface area (TPSA) is 81.9 Å². The average Bonchev–Trinajstić information content (AvgIpc) is 2.54. The number of rotatable bonds is 5. The molecule has 2 N–H and O–H groups in total. The molecule has 6 nitrogen and oxygen atoms in total. The Labute approximate surface area is 125 Å². The van der Waals surface area contributed by atoms with Crippen molar-refractivity contribution in [2.24, 2.45) is 11.7 Å². The first-order valence-electron chi connectivity index (χ1n) is 6.95. The van der Waals surface area contributed by atoms with E-state index in [9.17, 15) is 8.42 Å². The van der Waals surface area contributed by atoms with Gasteiger partial charge in [0.1, 0.15) is 16.4 Å². The molecule has 7 heteroatoms. The summed E-state index contributed by atoms with van der Waals surface area (Å²) < 4.78 is 37.5. The van der Waals surface area contributed by atoms with Crippen molar-refractivity contribution in [2.45, 2.75) is 17.7 Å². The largest absolute Gasteiger partial charge is 0.497 e. The van der Waals surface area contributed by atoms with Gasteiger partial charge in [0.05, 0.1) is 14.2 Å². The maximum absolute atomic E-state index is 12.8. The predicted octanol–water partition coefficient (Wildman–Crippen LogP) is 1.06. The third-order valence-electron chi connectivity index (χ3n) is 3.80. The van der Waals surface area contributed by atoms with Crippen molar-refractivity contribution in [1.29, 1.82) is 0 Å². The Hall–Kier alpha value is -1.31. The van der Waals surface area contributed by atoms with Crippen molar-refractivity contribution in [3.63, 3.8) is 0 Å². The third kappa shape index (κ3) is 3.30. The lowest BCUT2D eigenvalue weighted by atomic mass is 10.0. The average molecular weight is 314 g/mol. The summed E-state index contributed by atoms with van der Waals surface area (Å²) in [5.74, 6) is 1.03. The third-order valence-corrected chi connectivity index (χ3v) is 5.69. The number of nitrogens with zero attached hydrogens (tertiary/aromatic N) is 1. The maximum atomic E-state index is 12.8. The van der Waals surface area contributed by atoms with E-state index in [0.29, 0.717) is 31.1 Å². The van der Waals surface area contributed by atoms with E-state index in [2.05, 4.69) is 0 Å². The molecule has 0 spiro atoms. The van der Waals surface area contributed by atoms with Crippen LogP contribution in [0.5, 0.6) is 11.5 Å². The molecule has 0 aromatic heterocycles. The summed E-state index contributed by atoms with van der Waals surface area (Å²) in [4.78, 5) is 0.141. The first kappa shape index (κ1) is 16.1. The monoisotopic (exact) mass is 314 g/mol. The molecule has 1 aliphatic heterocycles. The lowest BCUT2D eigenvalue weighted by Gasteiger charge is -2.31. The number of ether oxygens (including phenoxy) is 2. The molecule has 1 saturated heterocycles. The molecule has 21 heavy (non-hydrogen) atoms. The van der Waals surface area contributed by atoms with Crippen molar-refractivity contribution in [3.8, 4) is 11.5 Å². The minimum absolute atomic E-state index is 0.141. The Kier molecular flexibility index (Phi) is 5.08. The molecule has 1 unspecified atom stereocenters. The van der Waals surface area contributed by atoms with Gasteiger partial charge in [0.15, 0.2) is 0 Å². The zero-order valence-electron chi connectivity index (χ0n) is 12.4. The minimum atomic E-state index is -3.61. The highest BCUT2D eigenvalue weighted by Gasteiger charge is 2.32. The maximum Gasteiger partial charge on any atom is 0.246 e. The minimum Gasteiger partial charge on any atom is -0.497 e. The van der Waals surface area contributed by atoms with E-state index in [1.807, 2.05) is 0 Å². The van der Waals surface area contributed by atoms with E-state index in [1.165, 1.54) is 24.6 Å². The molecule has 1 aromatic rings. The molecule has 1 fully saturated rings. The van der Waals surface area contributed by atoms with E-state index in [1.54, 1.807) is 12.1 Å². The van der Waals surface area contributed by atoms with Crippen LogP contribution in [0, 0.1) is 5.92 Å². The second-order valence-electron chi connectivity index (χ2n) is 5.12. The number of benzene rings is 1. The summed E-state index contributed by atoms with van der Waals surface area (Å²) in [6.45, 7) is 1.47. The molecule has 0 radical (unpaired) electrons. The highest BCUT2D eigenvalue weighted by Crippen LogP contribution is 2.32. The molecule has 1 aliphatic rings. The summed E-state index contributed by atoms with van der Waals surface area (Å²) >= 11 is 0. The number of hydrogen-bond acceptors (Lipinski definition) is 5. The number of sulfonamides is 1. The van der Waals surface area contributed by atoms with Crippen LogP contribution in [0.1, 0.15) is 12.8 Å². The van der Waals surface area contributed by atoms with E-state index in [0.717, 1.165) is 12.8 Å². The van der Waals surface area contributed by atoms with Crippen LogP contribution >= 0.6 is 0 Å². The Morgan fingerprint density at radius 1 is 1.33 bits per heavy atom. The van der Waals surface area contributed by atoms with Crippen LogP contribution in [0.15, 0.2) is 23.1 Å². The van der Waals surface area contributed by atoms with Gasteiger partial charge in [-0.3, -0.25) is 0 Å². The molecule has 1 aromatic carbocycles. The van der Waals surface area contributed by atoms with Gasteiger partial charge in [-0.1, -0.05) is 0 Å². The second-order valence-corrected chi connectivity index (χ2v) is 7.03. The second kappa shape index (κ2) is 6.64. The molecule has 118 valence electrons. The summed E-state index contributed by atoms with van der Waals surface area (Å²) in [6.07, 6.45) is 1.80. The Bertz CT molecular complexity index is 589. The van der Waals surface area contributed by atoms with E-state index in [4.69, 9.17) is 15.2 Å². The van der Waals surface area contributed by atoms with Crippen LogP contribution < -0.4 is 15.2 Å². The normalized spacial score (nSPS) is 20.2. The molecule has 2 rings (SSSR count). The van der Waals surface area contributed by atoms with Crippen LogP contribution in [-0.2, 0) is 10.0 Å². The van der Waals surface area contributed by atoms with Crippen molar-refractivity contribution in [3.05, 3.63) is 18.2 Å². The highest BCUT2D eigenvalue weighted by molar-refractivity contribution is 7.89. The van der Waals surface area contributed by atoms with Gasteiger partial charge in [-0.25, -0.2) is 8.42 Å². The first-order valence-corrected chi connectivity index (χ1v) is 8.39. The number of methoxy groups -OCH3 is 2. The molecule has 0 amide bonds. The zero-order chi connectivity index (χ0) is 15.5. The van der Waals surface area contributed by atoms with Gasteiger partial charge in [-0.05, 0) is 37.4 Å². The molecular weight excluding hydrogens is 292 g/mol. The van der Waals surface area contributed by atoms with E-state index >= 15 is 0 Å². The van der Waals surface area contributed by atoms with Gasteiger partial charge < -0.3 is 15.2 Å². The fourth-order valence-electron chi connectivity index (χ4n) is 2.56. The van der Waals surface area contributed by atoms with Gasteiger partial charge in [0, 0.05) is 19.2 Å². The quantitative estimate of drug-likeness (QED) is 0.879. The van der Waals surface area contributed by atoms with Crippen LogP contribution in [0.3, 0.4) is 0 Å². The summed E-state index contributed by atoms with van der Waals surface area (Å²) in [5, 5.41) is 0. The Morgan fingerprint density at radius 2 is 2.10 bits per heavy atom. The fourth-order valence-corrected chi connectivity index (χ4v) is 4.29.